The standard InChI is InChI=1S/C29H36N2O5SeSi/c1-19-17-31(27(33)30-25(19)32)26-24-23(35-29(5,6)36-24)22(37-26)18-34-38(28(2,3)4,20-13-9-7-10-14-20)21-15-11-8-12-16-21/h7-17,22-24,26H,18H2,1-6H3,(H,30,32,33)/t22-,23-,24-,26-/m1/s1. The van der Waals surface area contributed by atoms with Crippen LogP contribution in [0.25, 0.3) is 0 Å². The molecular formula is C29H36N2O5SeSi. The molecular weight excluding hydrogens is 563 g/mol. The fourth-order valence-electron chi connectivity index (χ4n) is 5.76. The van der Waals surface area contributed by atoms with Gasteiger partial charge in [-0.05, 0) is 0 Å². The van der Waals surface area contributed by atoms with E-state index >= 15 is 0 Å². The molecule has 0 saturated carbocycles. The zero-order chi connectivity index (χ0) is 27.3. The Morgan fingerprint density at radius 2 is 1.53 bits per heavy atom. The summed E-state index contributed by atoms with van der Waals surface area (Å²) in [5, 5.41) is 2.32. The Morgan fingerprint density at radius 1 is 0.974 bits per heavy atom. The van der Waals surface area contributed by atoms with Crippen molar-refractivity contribution in [2.75, 3.05) is 6.61 Å². The normalized spacial score (nSPS) is 24.9. The summed E-state index contributed by atoms with van der Waals surface area (Å²) in [5.74, 6) is -0.763. The Kier molecular flexibility index (Phi) is 7.22. The van der Waals surface area contributed by atoms with E-state index in [1.807, 2.05) is 26.0 Å². The number of aromatic nitrogens is 2. The van der Waals surface area contributed by atoms with Crippen LogP contribution in [0.1, 0.15) is 45.1 Å². The van der Waals surface area contributed by atoms with E-state index in [1.165, 1.54) is 10.4 Å². The number of H-pyrrole nitrogens is 1. The molecule has 202 valence electrons. The number of benzene rings is 2. The predicted molar refractivity (Wildman–Crippen MR) is 152 cm³/mol. The molecule has 7 nitrogen and oxygen atoms in total. The van der Waals surface area contributed by atoms with E-state index in [9.17, 15) is 9.59 Å². The first-order chi connectivity index (χ1) is 17.9. The first-order valence-corrected chi connectivity index (χ1v) is 16.9. The van der Waals surface area contributed by atoms with Gasteiger partial charge in [-0.15, -0.1) is 0 Å². The fraction of sp³-hybridized carbons (Fsp3) is 0.448. The van der Waals surface area contributed by atoms with Gasteiger partial charge in [-0.25, -0.2) is 0 Å². The molecule has 2 aromatic carbocycles. The van der Waals surface area contributed by atoms with Crippen LogP contribution in [0.3, 0.4) is 0 Å². The minimum absolute atomic E-state index is 0.0695. The molecule has 0 aliphatic carbocycles. The Bertz CT molecular complexity index is 1360. The quantitative estimate of drug-likeness (QED) is 0.441. The molecule has 0 bridgehead atoms. The number of fused-ring (bicyclic) bond motifs is 1. The number of aryl methyl sites for hydroxylation is 1. The molecule has 2 aliphatic heterocycles. The van der Waals surface area contributed by atoms with Crippen molar-refractivity contribution in [2.24, 2.45) is 0 Å². The summed E-state index contributed by atoms with van der Waals surface area (Å²) in [6, 6.07) is 21.2. The predicted octanol–water partition coefficient (Wildman–Crippen LogP) is 2.95. The average Bonchev–Trinajstić information content (AvgIpc) is 3.35. The average molecular weight is 600 g/mol. The number of ether oxygens (including phenoxy) is 2. The van der Waals surface area contributed by atoms with Crippen molar-refractivity contribution in [1.29, 1.82) is 0 Å². The molecule has 1 N–H and O–H groups in total. The maximum absolute atomic E-state index is 12.9. The SMILES string of the molecule is Cc1cn([C@@H]2[Se][C@H](CO[Si](c3ccccc3)(c3ccccc3)C(C)(C)C)[C@H]3OC(C)(C)O[C@H]32)c(=O)[nH]c1=O. The number of nitrogens with one attached hydrogen (secondary N) is 1. The molecule has 0 radical (unpaired) electrons. The van der Waals surface area contributed by atoms with Crippen molar-refractivity contribution in [2.45, 2.75) is 74.3 Å². The van der Waals surface area contributed by atoms with E-state index in [-0.39, 0.29) is 47.5 Å². The molecule has 3 heterocycles. The summed E-state index contributed by atoms with van der Waals surface area (Å²) >= 11 is -0.0776. The van der Waals surface area contributed by atoms with Crippen LogP contribution in [0.2, 0.25) is 9.85 Å². The molecule has 2 aliphatic rings. The molecule has 0 spiro atoms. The first kappa shape index (κ1) is 27.3. The summed E-state index contributed by atoms with van der Waals surface area (Å²) in [4.78, 5) is 27.2. The van der Waals surface area contributed by atoms with Gasteiger partial charge >= 0.3 is 231 Å². The van der Waals surface area contributed by atoms with Crippen molar-refractivity contribution in [3.63, 3.8) is 0 Å². The first-order valence-electron chi connectivity index (χ1n) is 13.0. The van der Waals surface area contributed by atoms with Gasteiger partial charge in [-0.2, -0.15) is 0 Å². The van der Waals surface area contributed by atoms with E-state index in [0.717, 1.165) is 0 Å². The second-order valence-electron chi connectivity index (χ2n) is 11.6. The van der Waals surface area contributed by atoms with E-state index < -0.39 is 19.8 Å². The van der Waals surface area contributed by atoms with Gasteiger partial charge in [0.1, 0.15) is 0 Å². The molecule has 38 heavy (non-hydrogen) atoms. The number of aromatic amines is 1. The summed E-state index contributed by atoms with van der Waals surface area (Å²) in [6.07, 6.45) is 1.16. The van der Waals surface area contributed by atoms with Crippen LogP contribution in [0, 0.1) is 6.92 Å². The summed E-state index contributed by atoms with van der Waals surface area (Å²) < 4.78 is 21.7. The Balaban J connectivity index is 1.53. The monoisotopic (exact) mass is 600 g/mol. The second-order valence-corrected chi connectivity index (χ2v) is 18.7. The van der Waals surface area contributed by atoms with Gasteiger partial charge in [0.05, 0.1) is 0 Å². The van der Waals surface area contributed by atoms with Crippen LogP contribution < -0.4 is 21.6 Å². The van der Waals surface area contributed by atoms with Gasteiger partial charge in [-0.1, -0.05) is 0 Å². The Labute approximate surface area is 230 Å². The molecule has 2 saturated heterocycles. The van der Waals surface area contributed by atoms with E-state index in [2.05, 4.69) is 74.3 Å². The van der Waals surface area contributed by atoms with Gasteiger partial charge in [0.2, 0.25) is 0 Å². The fourth-order valence-corrected chi connectivity index (χ4v) is 13.8. The number of nitrogens with zero attached hydrogens (tertiary/aromatic N) is 1. The topological polar surface area (TPSA) is 82.6 Å². The van der Waals surface area contributed by atoms with Gasteiger partial charge < -0.3 is 0 Å². The molecule has 0 unspecified atom stereocenters. The van der Waals surface area contributed by atoms with Gasteiger partial charge in [0.15, 0.2) is 0 Å². The van der Waals surface area contributed by atoms with Gasteiger partial charge in [0.25, 0.3) is 0 Å². The molecule has 1 aromatic heterocycles. The van der Waals surface area contributed by atoms with Crippen molar-refractivity contribution >= 4 is 33.6 Å². The second kappa shape index (κ2) is 10.0. The molecule has 2 fully saturated rings. The van der Waals surface area contributed by atoms with Gasteiger partial charge in [-0.3, -0.25) is 0 Å². The van der Waals surface area contributed by atoms with E-state index in [1.54, 1.807) is 17.7 Å². The molecule has 5 rings (SSSR count). The van der Waals surface area contributed by atoms with Crippen molar-refractivity contribution in [3.8, 4) is 0 Å². The van der Waals surface area contributed by atoms with Crippen molar-refractivity contribution in [3.05, 3.63) is 93.3 Å². The van der Waals surface area contributed by atoms with Crippen LogP contribution in [-0.4, -0.2) is 57.4 Å². The summed E-state index contributed by atoms with van der Waals surface area (Å²) in [7, 11) is -2.73. The summed E-state index contributed by atoms with van der Waals surface area (Å²) in [5.41, 5.74) is -0.265. The zero-order valence-electron chi connectivity index (χ0n) is 22.8. The Hall–Kier alpha value is -2.26. The number of hydrogen-bond donors (Lipinski definition) is 1. The van der Waals surface area contributed by atoms with Crippen molar-refractivity contribution in [1.82, 2.24) is 9.55 Å². The molecule has 9 heteroatoms. The van der Waals surface area contributed by atoms with Crippen LogP contribution in [-0.2, 0) is 13.9 Å². The zero-order valence-corrected chi connectivity index (χ0v) is 25.5. The van der Waals surface area contributed by atoms with Crippen LogP contribution in [0.15, 0.2) is 76.4 Å². The van der Waals surface area contributed by atoms with Gasteiger partial charge in [0, 0.05) is 0 Å². The minimum atomic E-state index is -2.73. The number of rotatable bonds is 6. The number of hydrogen-bond acceptors (Lipinski definition) is 5. The van der Waals surface area contributed by atoms with Crippen LogP contribution in [0.5, 0.6) is 0 Å². The third-order valence-corrected chi connectivity index (χ3v) is 15.6. The third kappa shape index (κ3) is 4.81. The van der Waals surface area contributed by atoms with E-state index in [4.69, 9.17) is 13.9 Å². The Morgan fingerprint density at radius 3 is 2.08 bits per heavy atom. The molecule has 4 atom stereocenters. The van der Waals surface area contributed by atoms with Crippen LogP contribution >= 0.6 is 0 Å². The summed E-state index contributed by atoms with van der Waals surface area (Å²) in [6.45, 7) is 12.9. The van der Waals surface area contributed by atoms with Crippen molar-refractivity contribution < 1.29 is 13.9 Å². The molecule has 0 amide bonds. The third-order valence-electron chi connectivity index (χ3n) is 7.43. The maximum atomic E-state index is 12.9. The van der Waals surface area contributed by atoms with E-state index in [0.29, 0.717) is 12.2 Å². The van der Waals surface area contributed by atoms with Crippen LogP contribution in [0.4, 0.5) is 0 Å². The molecule has 3 aromatic rings.